The predicted molar refractivity (Wildman–Crippen MR) is 94.1 cm³/mol. The van der Waals surface area contributed by atoms with Crippen molar-refractivity contribution in [2.45, 2.75) is 26.9 Å². The van der Waals surface area contributed by atoms with Crippen molar-refractivity contribution in [2.75, 3.05) is 0 Å². The molecule has 0 saturated heterocycles. The lowest BCUT2D eigenvalue weighted by Crippen LogP contribution is -2.26. The first-order valence-corrected chi connectivity index (χ1v) is 8.48. The zero-order chi connectivity index (χ0) is 17.3. The third kappa shape index (κ3) is 2.97. The van der Waals surface area contributed by atoms with E-state index in [1.807, 2.05) is 19.9 Å². The predicted octanol–water partition coefficient (Wildman–Crippen LogP) is 3.46. The number of pyridine rings is 1. The summed E-state index contributed by atoms with van der Waals surface area (Å²) in [6.45, 7) is 4.48. The normalized spacial score (nSPS) is 11.0. The van der Waals surface area contributed by atoms with E-state index in [1.165, 1.54) is 23.5 Å². The Labute approximate surface area is 142 Å². The summed E-state index contributed by atoms with van der Waals surface area (Å²) >= 11 is 1.43. The molecule has 0 bridgehead atoms. The van der Waals surface area contributed by atoms with Gasteiger partial charge in [-0.3, -0.25) is 9.59 Å². The lowest BCUT2D eigenvalue weighted by molar-refractivity contribution is 0.0952. The summed E-state index contributed by atoms with van der Waals surface area (Å²) < 4.78 is 15.6. The smallest absolute Gasteiger partial charge is 0.260 e. The second kappa shape index (κ2) is 6.57. The molecule has 0 aliphatic carbocycles. The van der Waals surface area contributed by atoms with E-state index in [1.54, 1.807) is 22.9 Å². The number of nitrogens with zero attached hydrogens (tertiary/aromatic N) is 1. The number of amides is 1. The van der Waals surface area contributed by atoms with Crippen LogP contribution in [0.4, 0.5) is 4.39 Å². The van der Waals surface area contributed by atoms with Crippen molar-refractivity contribution < 1.29 is 9.18 Å². The molecule has 0 aliphatic rings. The lowest BCUT2D eigenvalue weighted by Gasteiger charge is -2.07. The molecule has 1 aromatic carbocycles. The van der Waals surface area contributed by atoms with E-state index in [0.717, 1.165) is 9.58 Å². The third-order valence-electron chi connectivity index (χ3n) is 3.90. The maximum absolute atomic E-state index is 13.2. The molecular formula is C18H17FN2O2S. The van der Waals surface area contributed by atoms with E-state index in [2.05, 4.69) is 5.32 Å². The highest BCUT2D eigenvalue weighted by molar-refractivity contribution is 7.19. The molecule has 0 fully saturated rings. The minimum Gasteiger partial charge on any atom is -0.348 e. The standard InChI is InChI=1S/C18H17FN2O2S/c1-3-21-8-7-14-16(18(21)23)15(11(2)24-14)17(22)20-10-12-5-4-6-13(19)9-12/h4-9H,3,10H2,1-2H3,(H,20,22). The average molecular weight is 344 g/mol. The minimum absolute atomic E-state index is 0.157. The van der Waals surface area contributed by atoms with Gasteiger partial charge in [0.05, 0.1) is 10.9 Å². The number of aromatic nitrogens is 1. The molecule has 2 heterocycles. The molecule has 6 heteroatoms. The van der Waals surface area contributed by atoms with Gasteiger partial charge >= 0.3 is 0 Å². The van der Waals surface area contributed by atoms with Crippen LogP contribution in [0.25, 0.3) is 10.1 Å². The Kier molecular flexibility index (Phi) is 4.49. The van der Waals surface area contributed by atoms with Crippen molar-refractivity contribution in [1.29, 1.82) is 0 Å². The number of benzene rings is 1. The van der Waals surface area contributed by atoms with Crippen LogP contribution in [0, 0.1) is 12.7 Å². The van der Waals surface area contributed by atoms with Crippen LogP contribution in [0.3, 0.4) is 0 Å². The van der Waals surface area contributed by atoms with E-state index >= 15 is 0 Å². The minimum atomic E-state index is -0.343. The van der Waals surface area contributed by atoms with E-state index < -0.39 is 0 Å². The molecule has 0 aliphatic heterocycles. The monoisotopic (exact) mass is 344 g/mol. The molecule has 1 amide bonds. The number of halogens is 1. The van der Waals surface area contributed by atoms with Crippen molar-refractivity contribution in [3.05, 3.63) is 68.7 Å². The summed E-state index contributed by atoms with van der Waals surface area (Å²) in [6.07, 6.45) is 1.75. The van der Waals surface area contributed by atoms with Gasteiger partial charge in [-0.15, -0.1) is 11.3 Å². The van der Waals surface area contributed by atoms with Crippen LogP contribution in [0.15, 0.2) is 41.3 Å². The summed E-state index contributed by atoms with van der Waals surface area (Å²) in [7, 11) is 0. The average Bonchev–Trinajstić information content (AvgIpc) is 2.90. The largest absolute Gasteiger partial charge is 0.348 e. The van der Waals surface area contributed by atoms with E-state index in [-0.39, 0.29) is 23.8 Å². The Hall–Kier alpha value is -2.47. The van der Waals surface area contributed by atoms with Gasteiger partial charge in [-0.05, 0) is 37.6 Å². The highest BCUT2D eigenvalue weighted by atomic mass is 32.1. The molecule has 0 unspecified atom stereocenters. The fourth-order valence-electron chi connectivity index (χ4n) is 2.70. The van der Waals surface area contributed by atoms with E-state index in [0.29, 0.717) is 23.1 Å². The van der Waals surface area contributed by atoms with Crippen LogP contribution < -0.4 is 10.9 Å². The zero-order valence-electron chi connectivity index (χ0n) is 13.4. The van der Waals surface area contributed by atoms with Gasteiger partial charge in [0, 0.05) is 28.9 Å². The molecule has 0 saturated carbocycles. The first-order valence-electron chi connectivity index (χ1n) is 7.66. The molecule has 3 aromatic rings. The number of rotatable bonds is 4. The van der Waals surface area contributed by atoms with Gasteiger partial charge < -0.3 is 9.88 Å². The Morgan fingerprint density at radius 1 is 1.33 bits per heavy atom. The third-order valence-corrected chi connectivity index (χ3v) is 4.97. The molecular weight excluding hydrogens is 327 g/mol. The summed E-state index contributed by atoms with van der Waals surface area (Å²) in [5.74, 6) is -0.654. The number of aryl methyl sites for hydroxylation is 2. The van der Waals surface area contributed by atoms with Crippen molar-refractivity contribution in [3.8, 4) is 0 Å². The Morgan fingerprint density at radius 2 is 2.12 bits per heavy atom. The number of carbonyl (C=O) groups is 1. The van der Waals surface area contributed by atoms with Gasteiger partial charge in [-0.1, -0.05) is 12.1 Å². The summed E-state index contributed by atoms with van der Waals surface area (Å²) in [5.41, 5.74) is 0.931. The van der Waals surface area contributed by atoms with Crippen LogP contribution in [-0.4, -0.2) is 10.5 Å². The Balaban J connectivity index is 1.95. The van der Waals surface area contributed by atoms with Crippen LogP contribution in [0.2, 0.25) is 0 Å². The van der Waals surface area contributed by atoms with E-state index in [9.17, 15) is 14.0 Å². The molecule has 124 valence electrons. The van der Waals surface area contributed by atoms with Gasteiger partial charge in [0.1, 0.15) is 5.82 Å². The maximum atomic E-state index is 13.2. The fraction of sp³-hybridized carbons (Fsp3) is 0.222. The number of carbonyl (C=O) groups excluding carboxylic acids is 1. The molecule has 2 aromatic heterocycles. The number of hydrogen-bond donors (Lipinski definition) is 1. The summed E-state index contributed by atoms with van der Waals surface area (Å²) in [5, 5.41) is 3.24. The maximum Gasteiger partial charge on any atom is 0.260 e. The number of nitrogens with one attached hydrogen (secondary N) is 1. The van der Waals surface area contributed by atoms with E-state index in [4.69, 9.17) is 0 Å². The second-order valence-electron chi connectivity index (χ2n) is 5.49. The molecule has 4 nitrogen and oxygen atoms in total. The van der Waals surface area contributed by atoms with Gasteiger partial charge in [0.2, 0.25) is 0 Å². The second-order valence-corrected chi connectivity index (χ2v) is 6.75. The Morgan fingerprint density at radius 3 is 2.83 bits per heavy atom. The molecule has 1 N–H and O–H groups in total. The number of hydrogen-bond acceptors (Lipinski definition) is 3. The van der Waals surface area contributed by atoms with Gasteiger partial charge in [-0.2, -0.15) is 0 Å². The topological polar surface area (TPSA) is 51.1 Å². The van der Waals surface area contributed by atoms with Crippen LogP contribution in [0.5, 0.6) is 0 Å². The van der Waals surface area contributed by atoms with Crippen molar-refractivity contribution in [2.24, 2.45) is 0 Å². The van der Waals surface area contributed by atoms with Crippen molar-refractivity contribution in [3.63, 3.8) is 0 Å². The Bertz CT molecular complexity index is 975. The number of fused-ring (bicyclic) bond motifs is 1. The molecule has 0 atom stereocenters. The zero-order valence-corrected chi connectivity index (χ0v) is 14.2. The SMILES string of the molecule is CCn1ccc2sc(C)c(C(=O)NCc3cccc(F)c3)c2c1=O. The van der Waals surface area contributed by atoms with Crippen molar-refractivity contribution >= 4 is 27.3 Å². The van der Waals surface area contributed by atoms with Crippen LogP contribution in [0.1, 0.15) is 27.7 Å². The first-order chi connectivity index (χ1) is 11.5. The quantitative estimate of drug-likeness (QED) is 0.788. The molecule has 0 spiro atoms. The molecule has 24 heavy (non-hydrogen) atoms. The van der Waals surface area contributed by atoms with Crippen LogP contribution >= 0.6 is 11.3 Å². The lowest BCUT2D eigenvalue weighted by atomic mass is 10.1. The number of thiophene rings is 1. The first kappa shape index (κ1) is 16.4. The highest BCUT2D eigenvalue weighted by Crippen LogP contribution is 2.28. The fourth-order valence-corrected chi connectivity index (χ4v) is 3.75. The van der Waals surface area contributed by atoms with Crippen LogP contribution in [-0.2, 0) is 13.1 Å². The molecule has 3 rings (SSSR count). The highest BCUT2D eigenvalue weighted by Gasteiger charge is 2.19. The van der Waals surface area contributed by atoms with Crippen molar-refractivity contribution in [1.82, 2.24) is 9.88 Å². The van der Waals surface area contributed by atoms with Gasteiger partial charge in [-0.25, -0.2) is 4.39 Å². The summed E-state index contributed by atoms with van der Waals surface area (Å²) in [6, 6.07) is 7.94. The van der Waals surface area contributed by atoms with Gasteiger partial charge in [0.25, 0.3) is 11.5 Å². The summed E-state index contributed by atoms with van der Waals surface area (Å²) in [4.78, 5) is 26.0. The molecule has 0 radical (unpaired) electrons. The van der Waals surface area contributed by atoms with Gasteiger partial charge in [0.15, 0.2) is 0 Å².